The van der Waals surface area contributed by atoms with Gasteiger partial charge in [0.1, 0.15) is 5.75 Å². The van der Waals surface area contributed by atoms with Gasteiger partial charge >= 0.3 is 0 Å². The molecule has 16 heavy (non-hydrogen) atoms. The quantitative estimate of drug-likeness (QED) is 0.749. The van der Waals surface area contributed by atoms with Gasteiger partial charge in [0.2, 0.25) is 0 Å². The van der Waals surface area contributed by atoms with Gasteiger partial charge in [-0.2, -0.15) is 0 Å². The summed E-state index contributed by atoms with van der Waals surface area (Å²) in [6.07, 6.45) is 2.68. The van der Waals surface area contributed by atoms with Gasteiger partial charge in [0.25, 0.3) is 0 Å². The number of aryl methyl sites for hydroxylation is 2. The molecule has 0 saturated heterocycles. The molecule has 0 heterocycles. The van der Waals surface area contributed by atoms with Crippen LogP contribution < -0.4 is 4.74 Å². The molecule has 1 unspecified atom stereocenters. The Morgan fingerprint density at radius 3 is 2.31 bits per heavy atom. The summed E-state index contributed by atoms with van der Waals surface area (Å²) in [5, 5.41) is 9.10. The lowest BCUT2D eigenvalue weighted by atomic mass is 10.1. The van der Waals surface area contributed by atoms with Crippen molar-refractivity contribution in [1.82, 2.24) is 0 Å². The van der Waals surface area contributed by atoms with Crippen LogP contribution in [-0.4, -0.2) is 17.8 Å². The molecular weight excluding hydrogens is 200 g/mol. The zero-order valence-corrected chi connectivity index (χ0v) is 10.5. The maximum Gasteiger partial charge on any atom is 0.119 e. The maximum atomic E-state index is 9.10. The highest BCUT2D eigenvalue weighted by atomic mass is 16.5. The van der Waals surface area contributed by atoms with E-state index < -0.39 is 0 Å². The van der Waals surface area contributed by atoms with Gasteiger partial charge in [-0.15, -0.1) is 0 Å². The lowest BCUT2D eigenvalue weighted by molar-refractivity contribution is 0.177. The number of hydrogen-bond acceptors (Lipinski definition) is 2. The summed E-state index contributed by atoms with van der Waals surface area (Å²) in [7, 11) is 0. The molecule has 0 amide bonds. The van der Waals surface area contributed by atoms with Crippen molar-refractivity contribution in [3.63, 3.8) is 0 Å². The minimum atomic E-state index is -0.193. The van der Waals surface area contributed by atoms with Crippen molar-refractivity contribution in [2.24, 2.45) is 0 Å². The Labute approximate surface area is 98.3 Å². The second-order valence-corrected chi connectivity index (χ2v) is 4.52. The van der Waals surface area contributed by atoms with Gasteiger partial charge < -0.3 is 9.84 Å². The van der Waals surface area contributed by atoms with Crippen LogP contribution in [0.3, 0.4) is 0 Å². The molecule has 1 aromatic carbocycles. The van der Waals surface area contributed by atoms with Crippen molar-refractivity contribution in [3.05, 3.63) is 29.3 Å². The van der Waals surface area contributed by atoms with E-state index in [1.807, 2.05) is 6.92 Å². The van der Waals surface area contributed by atoms with Crippen LogP contribution in [0.5, 0.6) is 5.75 Å². The highest BCUT2D eigenvalue weighted by Gasteiger charge is 1.98. The van der Waals surface area contributed by atoms with Crippen molar-refractivity contribution in [3.8, 4) is 5.75 Å². The smallest absolute Gasteiger partial charge is 0.119 e. The number of ether oxygens (including phenoxy) is 1. The third-order valence-corrected chi connectivity index (χ3v) is 2.48. The van der Waals surface area contributed by atoms with Crippen molar-refractivity contribution >= 4 is 0 Å². The molecule has 1 N–H and O–H groups in total. The molecule has 2 nitrogen and oxygen atoms in total. The molecule has 0 aromatic heterocycles. The van der Waals surface area contributed by atoms with Gasteiger partial charge in [0.15, 0.2) is 0 Å². The van der Waals surface area contributed by atoms with E-state index in [2.05, 4.69) is 32.0 Å². The van der Waals surface area contributed by atoms with Gasteiger partial charge in [-0.25, -0.2) is 0 Å². The van der Waals surface area contributed by atoms with Crippen molar-refractivity contribution in [1.29, 1.82) is 0 Å². The van der Waals surface area contributed by atoms with Crippen LogP contribution in [-0.2, 0) is 0 Å². The van der Waals surface area contributed by atoms with Crippen LogP contribution in [0.1, 0.15) is 37.3 Å². The Morgan fingerprint density at radius 1 is 1.12 bits per heavy atom. The molecule has 0 bridgehead atoms. The molecule has 2 heteroatoms. The largest absolute Gasteiger partial charge is 0.494 e. The third kappa shape index (κ3) is 5.17. The molecule has 90 valence electrons. The Bertz CT molecular complexity index is 298. The minimum Gasteiger partial charge on any atom is -0.494 e. The number of aliphatic hydroxyl groups is 1. The molecule has 0 saturated carbocycles. The number of rotatable bonds is 6. The predicted octanol–water partition coefficient (Wildman–Crippen LogP) is 3.23. The zero-order valence-electron chi connectivity index (χ0n) is 10.5. The van der Waals surface area contributed by atoms with E-state index in [-0.39, 0.29) is 6.10 Å². The third-order valence-electron chi connectivity index (χ3n) is 2.48. The summed E-state index contributed by atoms with van der Waals surface area (Å²) in [6.45, 7) is 6.71. The SMILES string of the molecule is Cc1cc(C)cc(OCCCCC(C)O)c1. The van der Waals surface area contributed by atoms with Crippen LogP contribution in [0.25, 0.3) is 0 Å². The topological polar surface area (TPSA) is 29.5 Å². The summed E-state index contributed by atoms with van der Waals surface area (Å²) < 4.78 is 5.67. The second kappa shape index (κ2) is 6.54. The predicted molar refractivity (Wildman–Crippen MR) is 66.9 cm³/mol. The van der Waals surface area contributed by atoms with Crippen molar-refractivity contribution in [2.45, 2.75) is 46.1 Å². The van der Waals surface area contributed by atoms with Gasteiger partial charge in [-0.05, 0) is 63.3 Å². The Balaban J connectivity index is 2.26. The Morgan fingerprint density at radius 2 is 1.75 bits per heavy atom. The van der Waals surface area contributed by atoms with Crippen molar-refractivity contribution in [2.75, 3.05) is 6.61 Å². The first-order valence-corrected chi connectivity index (χ1v) is 5.97. The molecular formula is C14H22O2. The summed E-state index contributed by atoms with van der Waals surface area (Å²) in [5.41, 5.74) is 2.47. The van der Waals surface area contributed by atoms with E-state index in [4.69, 9.17) is 9.84 Å². The van der Waals surface area contributed by atoms with Crippen LogP contribution in [0.4, 0.5) is 0 Å². The molecule has 0 aliphatic carbocycles. The van der Waals surface area contributed by atoms with Gasteiger partial charge in [0, 0.05) is 0 Å². The van der Waals surface area contributed by atoms with Crippen LogP contribution in [0, 0.1) is 13.8 Å². The number of aliphatic hydroxyl groups excluding tert-OH is 1. The van der Waals surface area contributed by atoms with Crippen LogP contribution in [0.15, 0.2) is 18.2 Å². The molecule has 0 spiro atoms. The lowest BCUT2D eigenvalue weighted by Crippen LogP contribution is -2.02. The first kappa shape index (κ1) is 13.0. The normalized spacial score (nSPS) is 12.5. The average Bonchev–Trinajstić information content (AvgIpc) is 2.15. The van der Waals surface area contributed by atoms with Gasteiger partial charge in [-0.1, -0.05) is 6.07 Å². The Hall–Kier alpha value is -1.02. The van der Waals surface area contributed by atoms with E-state index in [0.717, 1.165) is 31.6 Å². The molecule has 1 aromatic rings. The first-order valence-electron chi connectivity index (χ1n) is 5.97. The molecule has 1 atom stereocenters. The fourth-order valence-corrected chi connectivity index (χ4v) is 1.75. The summed E-state index contributed by atoms with van der Waals surface area (Å²) in [5.74, 6) is 0.953. The van der Waals surface area contributed by atoms with E-state index in [0.29, 0.717) is 0 Å². The summed E-state index contributed by atoms with van der Waals surface area (Å²) in [6, 6.07) is 6.25. The first-order chi connectivity index (χ1) is 7.58. The van der Waals surface area contributed by atoms with Gasteiger partial charge in [-0.3, -0.25) is 0 Å². The highest BCUT2D eigenvalue weighted by molar-refractivity contribution is 5.32. The molecule has 0 radical (unpaired) electrons. The van der Waals surface area contributed by atoms with E-state index >= 15 is 0 Å². The second-order valence-electron chi connectivity index (χ2n) is 4.52. The summed E-state index contributed by atoms with van der Waals surface area (Å²) >= 11 is 0. The molecule has 0 fully saturated rings. The maximum absolute atomic E-state index is 9.10. The highest BCUT2D eigenvalue weighted by Crippen LogP contribution is 2.16. The minimum absolute atomic E-state index is 0.193. The fraction of sp³-hybridized carbons (Fsp3) is 0.571. The Kier molecular flexibility index (Phi) is 5.33. The average molecular weight is 222 g/mol. The fourth-order valence-electron chi connectivity index (χ4n) is 1.75. The number of unbranched alkanes of at least 4 members (excludes halogenated alkanes) is 1. The molecule has 0 aliphatic rings. The van der Waals surface area contributed by atoms with Crippen LogP contribution in [0.2, 0.25) is 0 Å². The monoisotopic (exact) mass is 222 g/mol. The van der Waals surface area contributed by atoms with Crippen molar-refractivity contribution < 1.29 is 9.84 Å². The number of hydrogen-bond donors (Lipinski definition) is 1. The van der Waals surface area contributed by atoms with E-state index in [1.165, 1.54) is 11.1 Å². The van der Waals surface area contributed by atoms with Crippen LogP contribution >= 0.6 is 0 Å². The van der Waals surface area contributed by atoms with E-state index in [9.17, 15) is 0 Å². The lowest BCUT2D eigenvalue weighted by Gasteiger charge is -2.08. The van der Waals surface area contributed by atoms with Gasteiger partial charge in [0.05, 0.1) is 12.7 Å². The zero-order chi connectivity index (χ0) is 12.0. The summed E-state index contributed by atoms with van der Waals surface area (Å²) in [4.78, 5) is 0. The van der Waals surface area contributed by atoms with E-state index in [1.54, 1.807) is 0 Å². The molecule has 1 rings (SSSR count). The molecule has 0 aliphatic heterocycles. The number of benzene rings is 1. The standard InChI is InChI=1S/C14H22O2/c1-11-8-12(2)10-14(9-11)16-7-5-4-6-13(3)15/h8-10,13,15H,4-7H2,1-3H3.